The van der Waals surface area contributed by atoms with Gasteiger partial charge in [0.1, 0.15) is 22.2 Å². The van der Waals surface area contributed by atoms with E-state index in [2.05, 4.69) is 32.5 Å². The fourth-order valence-corrected chi connectivity index (χ4v) is 3.24. The third-order valence-corrected chi connectivity index (χ3v) is 4.49. The first-order valence-corrected chi connectivity index (χ1v) is 8.66. The molecule has 4 aromatic rings. The van der Waals surface area contributed by atoms with E-state index >= 15 is 0 Å². The SMILES string of the molecule is CCc1nc(NCc2cn(-c3ccccc3)nn2)c2ccsc2n1. The van der Waals surface area contributed by atoms with Crippen LogP contribution < -0.4 is 5.32 Å². The van der Waals surface area contributed by atoms with Gasteiger partial charge in [0, 0.05) is 6.42 Å². The van der Waals surface area contributed by atoms with E-state index in [0.717, 1.165) is 39.7 Å². The number of hydrogen-bond donors (Lipinski definition) is 1. The number of anilines is 1. The van der Waals surface area contributed by atoms with Crippen LogP contribution in [0.2, 0.25) is 0 Å². The second kappa shape index (κ2) is 6.37. The van der Waals surface area contributed by atoms with Gasteiger partial charge in [-0.25, -0.2) is 14.6 Å². The van der Waals surface area contributed by atoms with E-state index in [4.69, 9.17) is 0 Å². The zero-order valence-electron chi connectivity index (χ0n) is 13.2. The lowest BCUT2D eigenvalue weighted by atomic mass is 10.3. The Hall–Kier alpha value is -2.80. The Balaban J connectivity index is 1.55. The van der Waals surface area contributed by atoms with Crippen LogP contribution in [0.15, 0.2) is 48.0 Å². The molecule has 3 heterocycles. The van der Waals surface area contributed by atoms with Gasteiger partial charge in [-0.3, -0.25) is 0 Å². The second-order valence-electron chi connectivity index (χ2n) is 5.32. The maximum absolute atomic E-state index is 4.60. The van der Waals surface area contributed by atoms with Crippen molar-refractivity contribution in [1.29, 1.82) is 0 Å². The van der Waals surface area contributed by atoms with Gasteiger partial charge in [-0.05, 0) is 23.6 Å². The van der Waals surface area contributed by atoms with E-state index in [9.17, 15) is 0 Å². The lowest BCUT2D eigenvalue weighted by Gasteiger charge is -2.06. The molecule has 120 valence electrons. The van der Waals surface area contributed by atoms with Gasteiger partial charge >= 0.3 is 0 Å². The Morgan fingerprint density at radius 1 is 1.12 bits per heavy atom. The third-order valence-electron chi connectivity index (χ3n) is 3.69. The minimum atomic E-state index is 0.567. The van der Waals surface area contributed by atoms with Crippen molar-refractivity contribution in [3.8, 4) is 5.69 Å². The average Bonchev–Trinajstić information content (AvgIpc) is 3.29. The molecule has 0 unspecified atom stereocenters. The van der Waals surface area contributed by atoms with Crippen molar-refractivity contribution in [2.24, 2.45) is 0 Å². The molecule has 7 heteroatoms. The Bertz CT molecular complexity index is 960. The second-order valence-corrected chi connectivity index (χ2v) is 6.22. The molecule has 24 heavy (non-hydrogen) atoms. The molecule has 4 rings (SSSR count). The molecule has 0 atom stereocenters. The summed E-state index contributed by atoms with van der Waals surface area (Å²) < 4.78 is 1.77. The van der Waals surface area contributed by atoms with E-state index in [1.54, 1.807) is 16.0 Å². The van der Waals surface area contributed by atoms with Crippen LogP contribution in [-0.2, 0) is 13.0 Å². The molecule has 0 amide bonds. The summed E-state index contributed by atoms with van der Waals surface area (Å²) in [5.74, 6) is 1.70. The highest BCUT2D eigenvalue weighted by Gasteiger charge is 2.09. The molecule has 6 nitrogen and oxygen atoms in total. The smallest absolute Gasteiger partial charge is 0.138 e. The molecule has 0 saturated heterocycles. The van der Waals surface area contributed by atoms with Gasteiger partial charge < -0.3 is 5.32 Å². The average molecular weight is 336 g/mol. The minimum Gasteiger partial charge on any atom is -0.364 e. The van der Waals surface area contributed by atoms with Gasteiger partial charge in [0.2, 0.25) is 0 Å². The van der Waals surface area contributed by atoms with Crippen LogP contribution in [0.4, 0.5) is 5.82 Å². The predicted octanol–water partition coefficient (Wildman–Crippen LogP) is 3.45. The summed E-state index contributed by atoms with van der Waals surface area (Å²) >= 11 is 1.63. The number of rotatable bonds is 5. The standard InChI is InChI=1S/C17H16N6S/c1-2-15-19-16(14-8-9-24-17(14)20-15)18-10-12-11-23(22-21-12)13-6-4-3-5-7-13/h3-9,11H,2,10H2,1H3,(H,18,19,20). The van der Waals surface area contributed by atoms with Crippen molar-refractivity contribution in [1.82, 2.24) is 25.0 Å². The quantitative estimate of drug-likeness (QED) is 0.604. The molecular weight excluding hydrogens is 320 g/mol. The summed E-state index contributed by atoms with van der Waals surface area (Å²) in [4.78, 5) is 10.2. The number of benzene rings is 1. The molecule has 0 spiro atoms. The van der Waals surface area contributed by atoms with Crippen molar-refractivity contribution < 1.29 is 0 Å². The fourth-order valence-electron chi connectivity index (χ4n) is 2.45. The first kappa shape index (κ1) is 14.8. The number of hydrogen-bond acceptors (Lipinski definition) is 6. The summed E-state index contributed by atoms with van der Waals surface area (Å²) in [7, 11) is 0. The molecule has 0 fully saturated rings. The third kappa shape index (κ3) is 2.85. The highest BCUT2D eigenvalue weighted by molar-refractivity contribution is 7.16. The zero-order chi connectivity index (χ0) is 16.4. The van der Waals surface area contributed by atoms with Gasteiger partial charge in [-0.2, -0.15) is 0 Å². The van der Waals surface area contributed by atoms with Crippen molar-refractivity contribution in [2.75, 3.05) is 5.32 Å². The Morgan fingerprint density at radius 2 is 2.00 bits per heavy atom. The summed E-state index contributed by atoms with van der Waals surface area (Å²) in [6, 6.07) is 12.0. The lowest BCUT2D eigenvalue weighted by molar-refractivity contribution is 0.798. The predicted molar refractivity (Wildman–Crippen MR) is 95.5 cm³/mol. The molecule has 0 aliphatic carbocycles. The van der Waals surface area contributed by atoms with Gasteiger partial charge in [0.15, 0.2) is 0 Å². The van der Waals surface area contributed by atoms with Gasteiger partial charge in [-0.15, -0.1) is 16.4 Å². The maximum Gasteiger partial charge on any atom is 0.138 e. The zero-order valence-corrected chi connectivity index (χ0v) is 14.0. The molecule has 0 bridgehead atoms. The Morgan fingerprint density at radius 3 is 2.83 bits per heavy atom. The van der Waals surface area contributed by atoms with Crippen LogP contribution in [0.5, 0.6) is 0 Å². The van der Waals surface area contributed by atoms with Crippen LogP contribution in [-0.4, -0.2) is 25.0 Å². The van der Waals surface area contributed by atoms with E-state index in [-0.39, 0.29) is 0 Å². The maximum atomic E-state index is 4.60. The van der Waals surface area contributed by atoms with E-state index < -0.39 is 0 Å². The molecule has 3 aromatic heterocycles. The summed E-state index contributed by atoms with van der Waals surface area (Å²) in [6.45, 7) is 2.63. The number of para-hydroxylation sites is 1. The molecule has 0 aliphatic rings. The van der Waals surface area contributed by atoms with Gasteiger partial charge in [0.05, 0.1) is 23.8 Å². The van der Waals surface area contributed by atoms with E-state index in [1.807, 2.05) is 48.0 Å². The summed E-state index contributed by atoms with van der Waals surface area (Å²) in [5.41, 5.74) is 1.85. The minimum absolute atomic E-state index is 0.567. The number of aromatic nitrogens is 5. The number of aryl methyl sites for hydroxylation is 1. The van der Waals surface area contributed by atoms with Crippen molar-refractivity contribution in [3.63, 3.8) is 0 Å². The first-order valence-electron chi connectivity index (χ1n) is 7.78. The van der Waals surface area contributed by atoms with Crippen molar-refractivity contribution in [3.05, 3.63) is 59.5 Å². The van der Waals surface area contributed by atoms with Gasteiger partial charge in [-0.1, -0.05) is 30.3 Å². The van der Waals surface area contributed by atoms with E-state index in [1.165, 1.54) is 0 Å². The van der Waals surface area contributed by atoms with Crippen LogP contribution in [0.25, 0.3) is 15.9 Å². The molecule has 1 N–H and O–H groups in total. The largest absolute Gasteiger partial charge is 0.364 e. The fraction of sp³-hybridized carbons (Fsp3) is 0.176. The molecule has 0 saturated carbocycles. The highest BCUT2D eigenvalue weighted by atomic mass is 32.1. The number of thiophene rings is 1. The first-order chi connectivity index (χ1) is 11.8. The normalized spacial score (nSPS) is 11.0. The molecule has 0 radical (unpaired) electrons. The number of nitrogens with one attached hydrogen (secondary N) is 1. The summed E-state index contributed by atoms with van der Waals surface area (Å²) in [5, 5.41) is 14.9. The molecule has 1 aromatic carbocycles. The van der Waals surface area contributed by atoms with E-state index in [0.29, 0.717) is 6.54 Å². The van der Waals surface area contributed by atoms with Crippen LogP contribution in [0.1, 0.15) is 18.4 Å². The molecular formula is C17H16N6S. The van der Waals surface area contributed by atoms with Gasteiger partial charge in [0.25, 0.3) is 0 Å². The topological polar surface area (TPSA) is 68.5 Å². The lowest BCUT2D eigenvalue weighted by Crippen LogP contribution is -2.04. The summed E-state index contributed by atoms with van der Waals surface area (Å²) in [6.07, 6.45) is 2.74. The van der Waals surface area contributed by atoms with Crippen LogP contribution in [0.3, 0.4) is 0 Å². The monoisotopic (exact) mass is 336 g/mol. The number of nitrogens with zero attached hydrogens (tertiary/aromatic N) is 5. The Kier molecular flexibility index (Phi) is 3.92. The van der Waals surface area contributed by atoms with Crippen LogP contribution in [0, 0.1) is 0 Å². The highest BCUT2D eigenvalue weighted by Crippen LogP contribution is 2.25. The van der Waals surface area contributed by atoms with Crippen molar-refractivity contribution >= 4 is 27.4 Å². The molecule has 0 aliphatic heterocycles. The van der Waals surface area contributed by atoms with Crippen LogP contribution >= 0.6 is 11.3 Å². The number of fused-ring (bicyclic) bond motifs is 1. The van der Waals surface area contributed by atoms with Crippen molar-refractivity contribution in [2.45, 2.75) is 19.9 Å². The Labute approximate surface area is 143 Å².